The molecule has 1 aliphatic heterocycles. The van der Waals surface area contributed by atoms with Gasteiger partial charge < -0.3 is 19.4 Å². The van der Waals surface area contributed by atoms with Gasteiger partial charge in [0.25, 0.3) is 0 Å². The van der Waals surface area contributed by atoms with Crippen LogP contribution in [0.5, 0.6) is 0 Å². The van der Waals surface area contributed by atoms with Crippen molar-refractivity contribution in [1.82, 2.24) is 9.80 Å². The third kappa shape index (κ3) is 10.9. The summed E-state index contributed by atoms with van der Waals surface area (Å²) in [5.41, 5.74) is 6.75. The summed E-state index contributed by atoms with van der Waals surface area (Å²) < 4.78 is 5.50. The molecule has 0 aromatic heterocycles. The predicted octanol–water partition coefficient (Wildman–Crippen LogP) is 9.39. The van der Waals surface area contributed by atoms with Gasteiger partial charge in [-0.1, -0.05) is 120 Å². The zero-order valence-corrected chi connectivity index (χ0v) is 30.2. The number of amides is 1. The molecule has 5 rings (SSSR count). The van der Waals surface area contributed by atoms with E-state index in [0.29, 0.717) is 30.9 Å². The Morgan fingerprint density at radius 3 is 2.11 bits per heavy atom. The van der Waals surface area contributed by atoms with Gasteiger partial charge in [0.05, 0.1) is 4.99 Å². The average molecular weight is 644 g/mol. The van der Waals surface area contributed by atoms with Crippen LogP contribution in [0.1, 0.15) is 82.6 Å². The van der Waals surface area contributed by atoms with Gasteiger partial charge in [0, 0.05) is 45.5 Å². The van der Waals surface area contributed by atoms with E-state index in [1.54, 1.807) is 4.90 Å². The zero-order valence-electron chi connectivity index (χ0n) is 29.4. The van der Waals surface area contributed by atoms with Gasteiger partial charge in [0.2, 0.25) is 0 Å². The van der Waals surface area contributed by atoms with Gasteiger partial charge in [-0.2, -0.15) is 0 Å². The highest BCUT2D eigenvalue weighted by molar-refractivity contribution is 7.80. The molecule has 3 aromatic rings. The molecule has 6 heteroatoms. The number of ether oxygens (including phenoxy) is 1. The highest BCUT2D eigenvalue weighted by Gasteiger charge is 2.32. The maximum Gasteiger partial charge on any atom is 0.409 e. The third-order valence-corrected chi connectivity index (χ3v) is 9.72. The van der Waals surface area contributed by atoms with Crippen molar-refractivity contribution < 1.29 is 9.53 Å². The number of carbonyl (C=O) groups excluding carboxylic acids is 1. The van der Waals surface area contributed by atoms with Gasteiger partial charge in [-0.25, -0.2) is 4.79 Å². The monoisotopic (exact) mass is 643 g/mol. The van der Waals surface area contributed by atoms with E-state index in [4.69, 9.17) is 17.0 Å². The molecular weight excluding hydrogens is 587 g/mol. The molecule has 2 aliphatic rings. The van der Waals surface area contributed by atoms with E-state index in [2.05, 4.69) is 79.1 Å². The first kappa shape index (κ1) is 37.1. The Morgan fingerprint density at radius 2 is 1.52 bits per heavy atom. The van der Waals surface area contributed by atoms with E-state index in [1.165, 1.54) is 35.2 Å². The lowest BCUT2D eigenvalue weighted by molar-refractivity contribution is 0.101. The summed E-state index contributed by atoms with van der Waals surface area (Å²) in [6, 6.07) is 27.5. The van der Waals surface area contributed by atoms with E-state index in [9.17, 15) is 4.79 Å². The Kier molecular flexibility index (Phi) is 15.6. The van der Waals surface area contributed by atoms with E-state index >= 15 is 0 Å². The van der Waals surface area contributed by atoms with Crippen molar-refractivity contribution in [3.05, 3.63) is 101 Å². The quantitative estimate of drug-likeness (QED) is 0.229. The summed E-state index contributed by atoms with van der Waals surface area (Å²) in [7, 11) is 1.84. The minimum absolute atomic E-state index is 0.251. The number of hydrogen-bond acceptors (Lipinski definition) is 4. The molecule has 1 saturated heterocycles. The Bertz CT molecular complexity index is 1320. The molecule has 46 heavy (non-hydrogen) atoms. The van der Waals surface area contributed by atoms with Crippen LogP contribution >= 0.6 is 12.2 Å². The summed E-state index contributed by atoms with van der Waals surface area (Å²) in [6.07, 6.45) is 4.26. The molecule has 1 amide bonds. The number of piperazine rings is 1. The Balaban J connectivity index is 0.000000446. The Hall–Kier alpha value is -3.38. The molecule has 0 N–H and O–H groups in total. The van der Waals surface area contributed by atoms with Crippen molar-refractivity contribution in [3.63, 3.8) is 0 Å². The van der Waals surface area contributed by atoms with Crippen molar-refractivity contribution in [1.29, 1.82) is 0 Å². The van der Waals surface area contributed by atoms with Crippen LogP contribution in [0.3, 0.4) is 0 Å². The molecule has 2 unspecified atom stereocenters. The average Bonchev–Trinajstić information content (AvgIpc) is 3.10. The Labute approximate surface area is 284 Å². The topological polar surface area (TPSA) is 36.0 Å². The highest BCUT2D eigenvalue weighted by atomic mass is 32.1. The molecule has 3 aromatic carbocycles. The van der Waals surface area contributed by atoms with Crippen LogP contribution in [0.2, 0.25) is 0 Å². The molecule has 0 radical (unpaired) electrons. The van der Waals surface area contributed by atoms with E-state index in [0.717, 1.165) is 49.6 Å². The summed E-state index contributed by atoms with van der Waals surface area (Å²) in [5, 5.41) is 0. The second kappa shape index (κ2) is 19.3. The molecule has 250 valence electrons. The first-order chi connectivity index (χ1) is 22.3. The first-order valence-corrected chi connectivity index (χ1v) is 17.8. The van der Waals surface area contributed by atoms with Crippen LogP contribution in [0.4, 0.5) is 10.5 Å². The summed E-state index contributed by atoms with van der Waals surface area (Å²) >= 11 is 5.35. The fourth-order valence-corrected chi connectivity index (χ4v) is 6.59. The minimum atomic E-state index is -0.251. The van der Waals surface area contributed by atoms with Crippen molar-refractivity contribution in [2.45, 2.75) is 79.8 Å². The lowest BCUT2D eigenvalue weighted by Gasteiger charge is -2.39. The van der Waals surface area contributed by atoms with Gasteiger partial charge >= 0.3 is 6.09 Å². The van der Waals surface area contributed by atoms with Crippen LogP contribution < -0.4 is 4.90 Å². The fraction of sp³-hybridized carbons (Fsp3) is 0.500. The lowest BCUT2D eigenvalue weighted by atomic mass is 9.69. The number of anilines is 1. The maximum atomic E-state index is 12.5. The number of aryl methyl sites for hydroxylation is 1. The van der Waals surface area contributed by atoms with Gasteiger partial charge in [0.1, 0.15) is 6.61 Å². The molecule has 0 spiro atoms. The smallest absolute Gasteiger partial charge is 0.409 e. The van der Waals surface area contributed by atoms with Crippen molar-refractivity contribution in [2.24, 2.45) is 11.8 Å². The Morgan fingerprint density at radius 1 is 0.913 bits per heavy atom. The molecule has 1 heterocycles. The number of rotatable bonds is 8. The second-order valence-electron chi connectivity index (χ2n) is 12.5. The van der Waals surface area contributed by atoms with Crippen molar-refractivity contribution in [3.8, 4) is 0 Å². The van der Waals surface area contributed by atoms with E-state index in [1.807, 2.05) is 58.2 Å². The molecule has 1 fully saturated rings. The normalized spacial score (nSPS) is 18.6. The third-order valence-electron chi connectivity index (χ3n) is 9.46. The summed E-state index contributed by atoms with van der Waals surface area (Å²) in [5.74, 6) is 1.63. The van der Waals surface area contributed by atoms with Crippen LogP contribution in [0.25, 0.3) is 0 Å². The van der Waals surface area contributed by atoms with Gasteiger partial charge in [-0.3, -0.25) is 0 Å². The number of hydrogen-bond donors (Lipinski definition) is 0. The second-order valence-corrected chi connectivity index (χ2v) is 13.1. The maximum absolute atomic E-state index is 12.5. The van der Waals surface area contributed by atoms with Crippen molar-refractivity contribution >= 4 is 29.0 Å². The molecule has 0 bridgehead atoms. The van der Waals surface area contributed by atoms with E-state index < -0.39 is 0 Å². The van der Waals surface area contributed by atoms with Gasteiger partial charge in [0.15, 0.2) is 0 Å². The van der Waals surface area contributed by atoms with Crippen LogP contribution in [0.15, 0.2) is 78.9 Å². The van der Waals surface area contributed by atoms with Crippen LogP contribution in [-0.4, -0.2) is 60.7 Å². The predicted molar refractivity (Wildman–Crippen MR) is 199 cm³/mol. The van der Waals surface area contributed by atoms with Gasteiger partial charge in [-0.05, 0) is 78.3 Å². The largest absolute Gasteiger partial charge is 0.445 e. The summed E-state index contributed by atoms with van der Waals surface area (Å²) in [6.45, 7) is 18.0. The van der Waals surface area contributed by atoms with Crippen LogP contribution in [0, 0.1) is 11.8 Å². The molecule has 5 nitrogen and oxygen atoms in total. The standard InChI is InChI=1S/C29H39N3O2S.C9H12.C2H6/c1-21-22(2)28-19-27(32-16-14-31(15-17-32)23(3)35)11-10-26(28)18-25(21)12-13-30(4)29(33)34-20-24-8-6-5-7-9-24;1-2-6-9-7-4-3-5-8-9;1-2/h5-11,19,21-22,25H,12-18,20H2,1-4H3;3-5,7-8H,2,6H2,1H3;1-2H3/t21?,22?,25-;;/m0../s1. The molecular formula is C40H57N3O2S. The number of carbonyl (C=O) groups is 1. The van der Waals surface area contributed by atoms with E-state index in [-0.39, 0.29) is 6.09 Å². The van der Waals surface area contributed by atoms with Crippen LogP contribution in [-0.2, 0) is 24.2 Å². The van der Waals surface area contributed by atoms with Crippen molar-refractivity contribution in [2.75, 3.05) is 44.7 Å². The summed E-state index contributed by atoms with van der Waals surface area (Å²) in [4.78, 5) is 20.0. The number of nitrogens with zero attached hydrogens (tertiary/aromatic N) is 3. The SMILES string of the molecule is CC.CC(=S)N1CCN(c2ccc3c(c2)C(C)C(C)[C@@H](CCN(C)C(=O)OCc2ccccc2)C3)CC1.CCCc1ccccc1. The zero-order chi connectivity index (χ0) is 33.5. The minimum Gasteiger partial charge on any atom is -0.445 e. The molecule has 3 atom stereocenters. The fourth-order valence-electron chi connectivity index (χ4n) is 6.41. The first-order valence-electron chi connectivity index (χ1n) is 17.4. The number of benzene rings is 3. The number of fused-ring (bicyclic) bond motifs is 1. The number of thiocarbonyl (C=S) groups is 1. The molecule has 1 aliphatic carbocycles. The van der Waals surface area contributed by atoms with Gasteiger partial charge in [-0.15, -0.1) is 0 Å². The molecule has 0 saturated carbocycles. The lowest BCUT2D eigenvalue weighted by Crippen LogP contribution is -2.47. The highest BCUT2D eigenvalue weighted by Crippen LogP contribution is 2.42.